The highest BCUT2D eigenvalue weighted by Gasteiger charge is 2.12. The van der Waals surface area contributed by atoms with E-state index >= 15 is 0 Å². The Morgan fingerprint density at radius 2 is 2.00 bits per heavy atom. The molecule has 0 radical (unpaired) electrons. The zero-order valence-corrected chi connectivity index (χ0v) is 8.78. The second-order valence-electron chi connectivity index (χ2n) is 3.40. The van der Waals surface area contributed by atoms with Gasteiger partial charge in [-0.05, 0) is 12.1 Å². The number of nitrogens with zero attached hydrogens (tertiary/aromatic N) is 5. The van der Waals surface area contributed by atoms with Gasteiger partial charge >= 0.3 is 0 Å². The van der Waals surface area contributed by atoms with Crippen LogP contribution in [0.1, 0.15) is 0 Å². The first-order valence-electron chi connectivity index (χ1n) is 4.98. The molecule has 0 aliphatic carbocycles. The van der Waals surface area contributed by atoms with E-state index in [2.05, 4.69) is 25.4 Å². The third-order valence-corrected chi connectivity index (χ3v) is 2.30. The fourth-order valence-corrected chi connectivity index (χ4v) is 1.55. The number of nitrogen functional groups attached to an aromatic ring is 1. The van der Waals surface area contributed by atoms with Crippen LogP contribution in [0.2, 0.25) is 0 Å². The third kappa shape index (κ3) is 1.63. The Labute approximate surface area is 96.3 Å². The molecule has 0 saturated carbocycles. The van der Waals surface area contributed by atoms with Crippen molar-refractivity contribution in [1.29, 1.82) is 0 Å². The molecule has 0 aliphatic rings. The number of nitrogens with one attached hydrogen (secondary N) is 1. The summed E-state index contributed by atoms with van der Waals surface area (Å²) in [7, 11) is 0. The molecule has 0 fully saturated rings. The second-order valence-corrected chi connectivity index (χ2v) is 3.40. The fourth-order valence-electron chi connectivity index (χ4n) is 1.55. The summed E-state index contributed by atoms with van der Waals surface area (Å²) in [6.45, 7) is 0. The van der Waals surface area contributed by atoms with Crippen LogP contribution in [0, 0.1) is 0 Å². The maximum absolute atomic E-state index is 5.46. The van der Waals surface area contributed by atoms with Gasteiger partial charge in [0.1, 0.15) is 6.33 Å². The molecule has 2 heterocycles. The molecule has 0 unspecified atom stereocenters. The topological polar surface area (TPSA) is 98.3 Å². The zero-order chi connectivity index (χ0) is 11.7. The van der Waals surface area contributed by atoms with E-state index in [9.17, 15) is 0 Å². The van der Waals surface area contributed by atoms with E-state index in [0.29, 0.717) is 11.6 Å². The van der Waals surface area contributed by atoms with Gasteiger partial charge in [0.25, 0.3) is 0 Å². The summed E-state index contributed by atoms with van der Waals surface area (Å²) in [5, 5.41) is 14.3. The third-order valence-electron chi connectivity index (χ3n) is 2.30. The van der Waals surface area contributed by atoms with Crippen molar-refractivity contribution in [3.63, 3.8) is 0 Å². The molecule has 0 amide bonds. The number of hydrogen-bond acceptors (Lipinski definition) is 5. The minimum absolute atomic E-state index is 0.183. The summed E-state index contributed by atoms with van der Waals surface area (Å²) in [6.07, 6.45) is 1.61. The number of para-hydroxylation sites is 1. The molecule has 17 heavy (non-hydrogen) atoms. The minimum Gasteiger partial charge on any atom is -0.366 e. The Morgan fingerprint density at radius 1 is 1.18 bits per heavy atom. The normalized spacial score (nSPS) is 10.6. The number of benzene rings is 1. The van der Waals surface area contributed by atoms with Crippen LogP contribution in [0.15, 0.2) is 36.7 Å². The molecule has 0 atom stereocenters. The van der Waals surface area contributed by atoms with Gasteiger partial charge in [0.2, 0.25) is 11.8 Å². The largest absolute Gasteiger partial charge is 0.366 e. The number of anilines is 1. The Kier molecular flexibility index (Phi) is 2.08. The van der Waals surface area contributed by atoms with Crippen molar-refractivity contribution in [3.8, 4) is 17.3 Å². The van der Waals surface area contributed by atoms with E-state index in [1.807, 2.05) is 30.3 Å². The highest BCUT2D eigenvalue weighted by molar-refractivity contribution is 5.49. The molecule has 3 rings (SSSR count). The molecule has 7 nitrogen and oxygen atoms in total. The predicted octanol–water partition coefficient (Wildman–Crippen LogP) is 0.635. The number of nitrogens with two attached hydrogens (primary N) is 1. The van der Waals surface area contributed by atoms with Gasteiger partial charge in [-0.3, -0.25) is 9.67 Å². The van der Waals surface area contributed by atoms with E-state index in [4.69, 9.17) is 5.73 Å². The van der Waals surface area contributed by atoms with Gasteiger partial charge in [0.05, 0.1) is 0 Å². The lowest BCUT2D eigenvalue weighted by Gasteiger charge is -2.03. The van der Waals surface area contributed by atoms with Crippen LogP contribution >= 0.6 is 0 Å². The summed E-state index contributed by atoms with van der Waals surface area (Å²) in [6, 6.07) is 9.72. The predicted molar refractivity (Wildman–Crippen MR) is 61.1 cm³/mol. The molecular weight excluding hydrogens is 218 g/mol. The number of hydrogen-bond donors (Lipinski definition) is 2. The molecule has 0 aliphatic heterocycles. The van der Waals surface area contributed by atoms with Gasteiger partial charge in [-0.25, -0.2) is 0 Å². The van der Waals surface area contributed by atoms with Crippen molar-refractivity contribution in [1.82, 2.24) is 29.9 Å². The molecular formula is C10H9N7. The molecule has 0 spiro atoms. The van der Waals surface area contributed by atoms with Crippen molar-refractivity contribution in [2.45, 2.75) is 0 Å². The van der Waals surface area contributed by atoms with Crippen LogP contribution in [0.4, 0.5) is 5.95 Å². The van der Waals surface area contributed by atoms with Crippen molar-refractivity contribution in [2.24, 2.45) is 0 Å². The summed E-state index contributed by atoms with van der Waals surface area (Å²) >= 11 is 0. The van der Waals surface area contributed by atoms with E-state index in [-0.39, 0.29) is 5.95 Å². The quantitative estimate of drug-likeness (QED) is 0.669. The summed E-state index contributed by atoms with van der Waals surface area (Å²) in [4.78, 5) is 4.03. The standard InChI is InChI=1S/C10H9N7/c11-10-13-8(14-16-10)9-15-12-6-17(9)7-4-2-1-3-5-7/h1-6H,(H3,11,13,14,16). The van der Waals surface area contributed by atoms with Gasteiger partial charge in [-0.15, -0.1) is 15.3 Å². The van der Waals surface area contributed by atoms with Crippen LogP contribution in [0.5, 0.6) is 0 Å². The Morgan fingerprint density at radius 3 is 2.71 bits per heavy atom. The van der Waals surface area contributed by atoms with Crippen LogP contribution in [0.3, 0.4) is 0 Å². The molecule has 2 aromatic heterocycles. The van der Waals surface area contributed by atoms with Gasteiger partial charge in [-0.2, -0.15) is 4.98 Å². The average molecular weight is 227 g/mol. The van der Waals surface area contributed by atoms with Crippen molar-refractivity contribution in [2.75, 3.05) is 5.73 Å². The van der Waals surface area contributed by atoms with Gasteiger partial charge < -0.3 is 5.73 Å². The van der Waals surface area contributed by atoms with Crippen LogP contribution in [0.25, 0.3) is 17.3 Å². The highest BCUT2D eigenvalue weighted by atomic mass is 15.3. The number of H-pyrrole nitrogens is 1. The molecule has 84 valence electrons. The first kappa shape index (κ1) is 9.52. The number of aromatic amines is 1. The lowest BCUT2D eigenvalue weighted by atomic mass is 10.3. The van der Waals surface area contributed by atoms with E-state index in [1.54, 1.807) is 10.9 Å². The van der Waals surface area contributed by atoms with Gasteiger partial charge in [0.15, 0.2) is 5.82 Å². The van der Waals surface area contributed by atoms with Gasteiger partial charge in [0, 0.05) is 5.69 Å². The van der Waals surface area contributed by atoms with Crippen molar-refractivity contribution < 1.29 is 0 Å². The number of aromatic nitrogens is 6. The maximum atomic E-state index is 5.46. The molecule has 0 bridgehead atoms. The fraction of sp³-hybridized carbons (Fsp3) is 0. The summed E-state index contributed by atoms with van der Waals surface area (Å²) < 4.78 is 1.81. The summed E-state index contributed by atoms with van der Waals surface area (Å²) in [5.41, 5.74) is 6.41. The molecule has 7 heteroatoms. The Hall–Kier alpha value is -2.70. The smallest absolute Gasteiger partial charge is 0.239 e. The SMILES string of the molecule is Nc1n[nH]c(-c2nncn2-c2ccccc2)n1. The lowest BCUT2D eigenvalue weighted by molar-refractivity contribution is 1.02. The molecule has 3 aromatic rings. The van der Waals surface area contributed by atoms with Crippen molar-refractivity contribution >= 4 is 5.95 Å². The van der Waals surface area contributed by atoms with E-state index in [1.165, 1.54) is 0 Å². The Bertz CT molecular complexity index is 625. The molecule has 1 aromatic carbocycles. The molecule has 0 saturated heterocycles. The number of rotatable bonds is 2. The summed E-state index contributed by atoms with van der Waals surface area (Å²) in [5.74, 6) is 1.24. The first-order valence-corrected chi connectivity index (χ1v) is 4.98. The van der Waals surface area contributed by atoms with Crippen molar-refractivity contribution in [3.05, 3.63) is 36.7 Å². The maximum Gasteiger partial charge on any atom is 0.239 e. The van der Waals surface area contributed by atoms with E-state index < -0.39 is 0 Å². The second kappa shape index (κ2) is 3.71. The van der Waals surface area contributed by atoms with Crippen LogP contribution in [-0.4, -0.2) is 29.9 Å². The minimum atomic E-state index is 0.183. The lowest BCUT2D eigenvalue weighted by Crippen LogP contribution is -1.97. The van der Waals surface area contributed by atoms with Gasteiger partial charge in [-0.1, -0.05) is 18.2 Å². The van der Waals surface area contributed by atoms with Crippen LogP contribution in [-0.2, 0) is 0 Å². The average Bonchev–Trinajstić information content (AvgIpc) is 2.98. The highest BCUT2D eigenvalue weighted by Crippen LogP contribution is 2.16. The first-order chi connectivity index (χ1) is 8.34. The monoisotopic (exact) mass is 227 g/mol. The van der Waals surface area contributed by atoms with E-state index in [0.717, 1.165) is 5.69 Å². The molecule has 3 N–H and O–H groups in total. The van der Waals surface area contributed by atoms with Crippen LogP contribution < -0.4 is 5.73 Å². The Balaban J connectivity index is 2.12. The zero-order valence-electron chi connectivity index (χ0n) is 8.78.